The van der Waals surface area contributed by atoms with E-state index in [4.69, 9.17) is 9.16 Å². The van der Waals surface area contributed by atoms with E-state index in [-0.39, 0.29) is 0 Å². The van der Waals surface area contributed by atoms with Crippen LogP contribution in [0, 0.1) is 11.8 Å². The molecule has 0 radical (unpaired) electrons. The lowest BCUT2D eigenvalue weighted by Crippen LogP contribution is -2.27. The summed E-state index contributed by atoms with van der Waals surface area (Å²) in [6.45, 7) is 15.2. The van der Waals surface area contributed by atoms with Crippen molar-refractivity contribution < 1.29 is 9.16 Å². The Balaban J connectivity index is 5.06. The van der Waals surface area contributed by atoms with Crippen LogP contribution in [0.2, 0.25) is 19.6 Å². The van der Waals surface area contributed by atoms with Gasteiger partial charge in [-0.15, -0.1) is 0 Å². The molecule has 0 saturated heterocycles. The minimum atomic E-state index is -1.58. The zero-order valence-electron chi connectivity index (χ0n) is 11.5. The van der Waals surface area contributed by atoms with E-state index < -0.39 is 8.32 Å². The van der Waals surface area contributed by atoms with Crippen molar-refractivity contribution in [2.45, 2.75) is 47.3 Å². The quantitative estimate of drug-likeness (QED) is 0.525. The van der Waals surface area contributed by atoms with Crippen molar-refractivity contribution >= 4 is 8.32 Å². The normalized spacial score (nSPS) is 11.9. The van der Waals surface area contributed by atoms with Gasteiger partial charge in [-0.2, -0.15) is 0 Å². The van der Waals surface area contributed by atoms with Crippen LogP contribution in [0.15, 0.2) is 11.5 Å². The first kappa shape index (κ1) is 14.6. The van der Waals surface area contributed by atoms with Crippen molar-refractivity contribution in [3.63, 3.8) is 0 Å². The van der Waals surface area contributed by atoms with Crippen LogP contribution in [0.1, 0.15) is 27.7 Å². The Kier molecular flexibility index (Phi) is 5.42. The Labute approximate surface area is 95.8 Å². The van der Waals surface area contributed by atoms with Crippen molar-refractivity contribution in [1.29, 1.82) is 0 Å². The van der Waals surface area contributed by atoms with Gasteiger partial charge in [0.05, 0.1) is 7.11 Å². The van der Waals surface area contributed by atoms with Crippen molar-refractivity contribution in [2.75, 3.05) is 7.11 Å². The highest BCUT2D eigenvalue weighted by Crippen LogP contribution is 2.26. The smallest absolute Gasteiger partial charge is 0.264 e. The predicted molar refractivity (Wildman–Crippen MR) is 68.1 cm³/mol. The largest absolute Gasteiger partial charge is 0.520 e. The molecular formula is C12H26O2Si. The van der Waals surface area contributed by atoms with Crippen LogP contribution in [0.25, 0.3) is 0 Å². The van der Waals surface area contributed by atoms with E-state index in [0.29, 0.717) is 11.8 Å². The van der Waals surface area contributed by atoms with Gasteiger partial charge in [0.2, 0.25) is 8.32 Å². The fourth-order valence-electron chi connectivity index (χ4n) is 1.63. The Morgan fingerprint density at radius 2 is 1.33 bits per heavy atom. The molecule has 0 fully saturated rings. The molecule has 0 N–H and O–H groups in total. The highest BCUT2D eigenvalue weighted by molar-refractivity contribution is 6.70. The second-order valence-electron chi connectivity index (χ2n) is 5.47. The summed E-state index contributed by atoms with van der Waals surface area (Å²) in [4.78, 5) is 0. The van der Waals surface area contributed by atoms with Crippen LogP contribution in [-0.2, 0) is 9.16 Å². The minimum Gasteiger partial charge on any atom is -0.520 e. The van der Waals surface area contributed by atoms with Crippen molar-refractivity contribution in [2.24, 2.45) is 11.8 Å². The predicted octanol–water partition coefficient (Wildman–Crippen LogP) is 4.01. The summed E-state index contributed by atoms with van der Waals surface area (Å²) < 4.78 is 11.4. The fourth-order valence-corrected chi connectivity index (χ4v) is 2.39. The van der Waals surface area contributed by atoms with Gasteiger partial charge in [-0.3, -0.25) is 0 Å². The van der Waals surface area contributed by atoms with Crippen LogP contribution in [0.3, 0.4) is 0 Å². The van der Waals surface area contributed by atoms with E-state index >= 15 is 0 Å². The van der Waals surface area contributed by atoms with Gasteiger partial charge in [-0.25, -0.2) is 0 Å². The van der Waals surface area contributed by atoms with Crippen LogP contribution >= 0.6 is 0 Å². The third kappa shape index (κ3) is 5.26. The highest BCUT2D eigenvalue weighted by atomic mass is 28.4. The standard InChI is InChI=1S/C12H26O2Si/c1-9(2)11(10(3)4)12(13-5)14-15(6,7)8/h9-10H,1-8H3. The Hall–Kier alpha value is -0.443. The molecule has 15 heavy (non-hydrogen) atoms. The van der Waals surface area contributed by atoms with E-state index in [0.717, 1.165) is 5.95 Å². The maximum atomic E-state index is 5.97. The molecule has 0 aromatic rings. The molecule has 0 atom stereocenters. The number of methoxy groups -OCH3 is 1. The minimum absolute atomic E-state index is 0.469. The van der Waals surface area contributed by atoms with E-state index in [1.807, 2.05) is 0 Å². The highest BCUT2D eigenvalue weighted by Gasteiger charge is 2.23. The molecule has 2 nitrogen and oxygen atoms in total. The number of hydrogen-bond donors (Lipinski definition) is 0. The molecule has 0 bridgehead atoms. The SMILES string of the molecule is COC(O[Si](C)(C)C)=C(C(C)C)C(C)C. The van der Waals surface area contributed by atoms with E-state index in [9.17, 15) is 0 Å². The molecule has 0 aliphatic carbocycles. The molecule has 0 aromatic heterocycles. The molecule has 0 aliphatic heterocycles. The average Bonchev–Trinajstić information content (AvgIpc) is 1.98. The van der Waals surface area contributed by atoms with Crippen LogP contribution in [-0.4, -0.2) is 15.4 Å². The van der Waals surface area contributed by atoms with Crippen LogP contribution < -0.4 is 0 Å². The summed E-state index contributed by atoms with van der Waals surface area (Å²) in [5.74, 6) is 1.69. The summed E-state index contributed by atoms with van der Waals surface area (Å²) in [7, 11) is 0.116. The van der Waals surface area contributed by atoms with Crippen LogP contribution in [0.4, 0.5) is 0 Å². The lowest BCUT2D eigenvalue weighted by molar-refractivity contribution is 0.134. The molecule has 0 heterocycles. The molecule has 90 valence electrons. The number of hydrogen-bond acceptors (Lipinski definition) is 2. The van der Waals surface area contributed by atoms with E-state index in [1.165, 1.54) is 5.57 Å². The van der Waals surface area contributed by atoms with Gasteiger partial charge in [0.15, 0.2) is 0 Å². The second-order valence-corrected chi connectivity index (χ2v) is 9.90. The summed E-state index contributed by atoms with van der Waals surface area (Å²) in [5.41, 5.74) is 1.28. The average molecular weight is 230 g/mol. The molecule has 0 amide bonds. The second kappa shape index (κ2) is 5.59. The van der Waals surface area contributed by atoms with Gasteiger partial charge in [0.25, 0.3) is 5.95 Å². The van der Waals surface area contributed by atoms with Crippen LogP contribution in [0.5, 0.6) is 0 Å². The monoisotopic (exact) mass is 230 g/mol. The maximum Gasteiger partial charge on any atom is 0.264 e. The zero-order valence-corrected chi connectivity index (χ0v) is 12.5. The van der Waals surface area contributed by atoms with E-state index in [2.05, 4.69) is 47.3 Å². The molecule has 0 unspecified atom stereocenters. The fraction of sp³-hybridized carbons (Fsp3) is 0.833. The van der Waals surface area contributed by atoms with Gasteiger partial charge >= 0.3 is 0 Å². The molecule has 0 rings (SSSR count). The van der Waals surface area contributed by atoms with Gasteiger partial charge in [0, 0.05) is 5.57 Å². The Bertz CT molecular complexity index is 214. The maximum absolute atomic E-state index is 5.97. The molecule has 0 aliphatic rings. The molecule has 0 spiro atoms. The zero-order chi connectivity index (χ0) is 12.2. The third-order valence-corrected chi connectivity index (χ3v) is 2.86. The van der Waals surface area contributed by atoms with E-state index in [1.54, 1.807) is 7.11 Å². The molecule has 0 saturated carbocycles. The molecule has 0 aromatic carbocycles. The number of rotatable bonds is 5. The van der Waals surface area contributed by atoms with Crippen molar-refractivity contribution in [3.8, 4) is 0 Å². The molecular weight excluding hydrogens is 204 g/mol. The Morgan fingerprint density at radius 1 is 0.933 bits per heavy atom. The van der Waals surface area contributed by atoms with Gasteiger partial charge in [-0.1, -0.05) is 27.7 Å². The first-order valence-corrected chi connectivity index (χ1v) is 9.07. The number of allylic oxidation sites excluding steroid dienone is 1. The third-order valence-electron chi connectivity index (χ3n) is 2.06. The first-order chi connectivity index (χ1) is 6.69. The lowest BCUT2D eigenvalue weighted by atomic mass is 9.93. The summed E-state index contributed by atoms with van der Waals surface area (Å²) >= 11 is 0. The summed E-state index contributed by atoms with van der Waals surface area (Å²) in [5, 5.41) is 0. The summed E-state index contributed by atoms with van der Waals surface area (Å²) in [6, 6.07) is 0. The molecule has 3 heteroatoms. The topological polar surface area (TPSA) is 18.5 Å². The van der Waals surface area contributed by atoms with Gasteiger partial charge in [0.1, 0.15) is 0 Å². The first-order valence-electron chi connectivity index (χ1n) is 5.66. The van der Waals surface area contributed by atoms with Crippen molar-refractivity contribution in [1.82, 2.24) is 0 Å². The Morgan fingerprint density at radius 3 is 1.53 bits per heavy atom. The van der Waals surface area contributed by atoms with Gasteiger partial charge < -0.3 is 9.16 Å². The summed E-state index contributed by atoms with van der Waals surface area (Å²) in [6.07, 6.45) is 0. The number of ether oxygens (including phenoxy) is 1. The lowest BCUT2D eigenvalue weighted by Gasteiger charge is -2.26. The van der Waals surface area contributed by atoms with Crippen molar-refractivity contribution in [3.05, 3.63) is 11.5 Å². The van der Waals surface area contributed by atoms with Gasteiger partial charge in [-0.05, 0) is 31.5 Å².